The Balaban J connectivity index is 2.20. The highest BCUT2D eigenvalue weighted by molar-refractivity contribution is 5.74. The van der Waals surface area contributed by atoms with Gasteiger partial charge in [0, 0.05) is 45.2 Å². The fourth-order valence-electron chi connectivity index (χ4n) is 2.25. The molecule has 0 aromatic carbocycles. The Kier molecular flexibility index (Phi) is 7.32. The molecular weight excluding hydrogens is 262 g/mol. The molecule has 0 aliphatic carbocycles. The number of nitrogens with zero attached hydrogens (tertiary/aromatic N) is 2. The van der Waals surface area contributed by atoms with E-state index in [4.69, 9.17) is 10.2 Å². The van der Waals surface area contributed by atoms with Gasteiger partial charge in [-0.15, -0.1) is 0 Å². The van der Waals surface area contributed by atoms with Gasteiger partial charge in [0.25, 0.3) is 0 Å². The van der Waals surface area contributed by atoms with E-state index in [-0.39, 0.29) is 25.1 Å². The zero-order chi connectivity index (χ0) is 15.0. The third-order valence-electron chi connectivity index (χ3n) is 3.47. The Morgan fingerprint density at radius 2 is 1.90 bits per heavy atom. The summed E-state index contributed by atoms with van der Waals surface area (Å²) in [5, 5.41) is 20.3. The Hall–Kier alpha value is -1.34. The lowest BCUT2D eigenvalue weighted by molar-refractivity contribution is -0.137. The molecule has 1 aliphatic heterocycles. The quantitative estimate of drug-likeness (QED) is 0.610. The second-order valence-electron chi connectivity index (χ2n) is 5.19. The molecule has 1 aliphatic rings. The van der Waals surface area contributed by atoms with Crippen LogP contribution >= 0.6 is 0 Å². The van der Waals surface area contributed by atoms with Crippen LogP contribution in [0.3, 0.4) is 0 Å². The highest BCUT2D eigenvalue weighted by Crippen LogP contribution is 2.04. The highest BCUT2D eigenvalue weighted by Gasteiger charge is 2.21. The standard InChI is InChI=1S/C13H25N3O4/c1-11(3-2-4-12(18)19)14-13(20)16-7-5-15(6-8-16)9-10-17/h11,17H,2-10H2,1H3,(H,14,20)(H,18,19). The number of aliphatic hydroxyl groups is 1. The molecule has 0 bridgehead atoms. The summed E-state index contributed by atoms with van der Waals surface area (Å²) in [6.07, 6.45) is 1.38. The maximum atomic E-state index is 12.0. The number of β-amino-alcohol motifs (C(OH)–C–C–N with tert-alkyl or cyclic N) is 1. The minimum Gasteiger partial charge on any atom is -0.481 e. The third kappa shape index (κ3) is 6.21. The van der Waals surface area contributed by atoms with Crippen LogP contribution in [0.1, 0.15) is 26.2 Å². The first-order valence-electron chi connectivity index (χ1n) is 7.13. The van der Waals surface area contributed by atoms with Crippen LogP contribution in [-0.2, 0) is 4.79 Å². The molecule has 0 spiro atoms. The lowest BCUT2D eigenvalue weighted by atomic mass is 10.1. The topological polar surface area (TPSA) is 93.1 Å². The summed E-state index contributed by atoms with van der Waals surface area (Å²) in [7, 11) is 0. The summed E-state index contributed by atoms with van der Waals surface area (Å²) in [5.41, 5.74) is 0. The molecule has 1 heterocycles. The van der Waals surface area contributed by atoms with Crippen LogP contribution in [0.25, 0.3) is 0 Å². The average molecular weight is 287 g/mol. The van der Waals surface area contributed by atoms with Crippen LogP contribution in [0.15, 0.2) is 0 Å². The molecule has 1 rings (SSSR count). The largest absolute Gasteiger partial charge is 0.481 e. The zero-order valence-corrected chi connectivity index (χ0v) is 12.0. The van der Waals surface area contributed by atoms with Gasteiger partial charge in [-0.1, -0.05) is 0 Å². The predicted octanol–water partition coefficient (Wildman–Crippen LogP) is -0.0507. The molecule has 0 radical (unpaired) electrons. The summed E-state index contributed by atoms with van der Waals surface area (Å²) in [4.78, 5) is 26.3. The molecule has 3 N–H and O–H groups in total. The van der Waals surface area contributed by atoms with Crippen molar-refractivity contribution in [3.8, 4) is 0 Å². The molecule has 116 valence electrons. The molecule has 1 saturated heterocycles. The van der Waals surface area contributed by atoms with Crippen molar-refractivity contribution in [3.05, 3.63) is 0 Å². The maximum Gasteiger partial charge on any atom is 0.317 e. The number of rotatable bonds is 7. The van der Waals surface area contributed by atoms with Crippen LogP contribution in [0.2, 0.25) is 0 Å². The van der Waals surface area contributed by atoms with Crippen LogP contribution in [0, 0.1) is 0 Å². The van der Waals surface area contributed by atoms with E-state index in [1.807, 2.05) is 6.92 Å². The summed E-state index contributed by atoms with van der Waals surface area (Å²) in [5.74, 6) is -0.802. The van der Waals surface area contributed by atoms with Crippen LogP contribution in [0.5, 0.6) is 0 Å². The lowest BCUT2D eigenvalue weighted by Gasteiger charge is -2.34. The second-order valence-corrected chi connectivity index (χ2v) is 5.19. The molecule has 0 saturated carbocycles. The molecule has 20 heavy (non-hydrogen) atoms. The van der Waals surface area contributed by atoms with Gasteiger partial charge >= 0.3 is 12.0 Å². The number of hydrogen-bond acceptors (Lipinski definition) is 4. The normalized spacial score (nSPS) is 17.8. The molecule has 2 amide bonds. The Morgan fingerprint density at radius 1 is 1.25 bits per heavy atom. The van der Waals surface area contributed by atoms with Crippen molar-refractivity contribution < 1.29 is 19.8 Å². The molecule has 0 aromatic heterocycles. The van der Waals surface area contributed by atoms with Gasteiger partial charge in [-0.25, -0.2) is 4.79 Å². The predicted molar refractivity (Wildman–Crippen MR) is 74.6 cm³/mol. The van der Waals surface area contributed by atoms with Gasteiger partial charge in [-0.3, -0.25) is 9.69 Å². The third-order valence-corrected chi connectivity index (χ3v) is 3.47. The molecule has 1 unspecified atom stereocenters. The van der Waals surface area contributed by atoms with Gasteiger partial charge in [0.05, 0.1) is 6.61 Å². The van der Waals surface area contributed by atoms with Crippen molar-refractivity contribution in [1.29, 1.82) is 0 Å². The minimum atomic E-state index is -0.802. The molecule has 1 atom stereocenters. The fraction of sp³-hybridized carbons (Fsp3) is 0.846. The average Bonchev–Trinajstić information content (AvgIpc) is 2.39. The van der Waals surface area contributed by atoms with Gasteiger partial charge in [-0.05, 0) is 19.8 Å². The first kappa shape index (κ1) is 16.7. The van der Waals surface area contributed by atoms with E-state index in [2.05, 4.69) is 10.2 Å². The van der Waals surface area contributed by atoms with Crippen LogP contribution < -0.4 is 5.32 Å². The van der Waals surface area contributed by atoms with Crippen molar-refractivity contribution in [2.75, 3.05) is 39.3 Å². The van der Waals surface area contributed by atoms with Crippen molar-refractivity contribution in [2.45, 2.75) is 32.2 Å². The van der Waals surface area contributed by atoms with E-state index >= 15 is 0 Å². The highest BCUT2D eigenvalue weighted by atomic mass is 16.4. The molecule has 0 aromatic rings. The van der Waals surface area contributed by atoms with Crippen LogP contribution in [0.4, 0.5) is 4.79 Å². The SMILES string of the molecule is CC(CCCC(=O)O)NC(=O)N1CCN(CCO)CC1. The molecule has 1 fully saturated rings. The van der Waals surface area contributed by atoms with E-state index in [0.717, 1.165) is 13.1 Å². The number of aliphatic carboxylic acids is 1. The monoisotopic (exact) mass is 287 g/mol. The van der Waals surface area contributed by atoms with Gasteiger partial charge in [0.2, 0.25) is 0 Å². The van der Waals surface area contributed by atoms with E-state index in [0.29, 0.717) is 32.5 Å². The molecule has 7 heteroatoms. The number of hydrogen-bond donors (Lipinski definition) is 3. The first-order valence-corrected chi connectivity index (χ1v) is 7.13. The number of amides is 2. The van der Waals surface area contributed by atoms with E-state index in [9.17, 15) is 9.59 Å². The number of carbonyl (C=O) groups is 2. The summed E-state index contributed by atoms with van der Waals surface area (Å²) < 4.78 is 0. The van der Waals surface area contributed by atoms with Crippen molar-refractivity contribution in [1.82, 2.24) is 15.1 Å². The Labute approximate surface area is 119 Å². The van der Waals surface area contributed by atoms with Crippen LogP contribution in [-0.4, -0.2) is 77.4 Å². The van der Waals surface area contributed by atoms with E-state index in [1.54, 1.807) is 4.90 Å². The lowest BCUT2D eigenvalue weighted by Crippen LogP contribution is -2.53. The van der Waals surface area contributed by atoms with E-state index < -0.39 is 5.97 Å². The summed E-state index contributed by atoms with van der Waals surface area (Å²) in [6, 6.07) is -0.103. The van der Waals surface area contributed by atoms with Gasteiger partial charge in [-0.2, -0.15) is 0 Å². The van der Waals surface area contributed by atoms with Gasteiger partial charge in [0.1, 0.15) is 0 Å². The number of piperazine rings is 1. The van der Waals surface area contributed by atoms with E-state index in [1.165, 1.54) is 0 Å². The van der Waals surface area contributed by atoms with Crippen molar-refractivity contribution >= 4 is 12.0 Å². The first-order chi connectivity index (χ1) is 9.52. The van der Waals surface area contributed by atoms with Crippen molar-refractivity contribution in [2.24, 2.45) is 0 Å². The maximum absolute atomic E-state index is 12.0. The van der Waals surface area contributed by atoms with Gasteiger partial charge < -0.3 is 20.4 Å². The smallest absolute Gasteiger partial charge is 0.317 e. The number of carboxylic acids is 1. The number of aliphatic hydroxyl groups excluding tert-OH is 1. The van der Waals surface area contributed by atoms with Crippen molar-refractivity contribution in [3.63, 3.8) is 0 Å². The second kappa shape index (κ2) is 8.76. The zero-order valence-electron chi connectivity index (χ0n) is 12.0. The fourth-order valence-corrected chi connectivity index (χ4v) is 2.25. The summed E-state index contributed by atoms with van der Waals surface area (Å²) in [6.45, 7) is 5.57. The molecular formula is C13H25N3O4. The Morgan fingerprint density at radius 3 is 2.45 bits per heavy atom. The molecule has 7 nitrogen and oxygen atoms in total. The Bertz CT molecular complexity index is 317. The number of carbonyl (C=O) groups excluding carboxylic acids is 1. The van der Waals surface area contributed by atoms with Gasteiger partial charge in [0.15, 0.2) is 0 Å². The minimum absolute atomic E-state index is 0.0164. The number of nitrogens with one attached hydrogen (secondary N) is 1. The number of carboxylic acid groups (broad SMARTS) is 1. The summed E-state index contributed by atoms with van der Waals surface area (Å²) >= 11 is 0. The number of urea groups is 1.